The lowest BCUT2D eigenvalue weighted by Crippen LogP contribution is -1.95. The lowest BCUT2D eigenvalue weighted by molar-refractivity contribution is 1.40. The van der Waals surface area contributed by atoms with Crippen molar-refractivity contribution in [3.05, 3.63) is 58.1 Å². The monoisotopic (exact) mass is 256 g/mol. The van der Waals surface area contributed by atoms with Crippen LogP contribution in [0.2, 0.25) is 5.02 Å². The summed E-state index contributed by atoms with van der Waals surface area (Å²) in [6.07, 6.45) is 0. The van der Waals surface area contributed by atoms with Gasteiger partial charge in [-0.3, -0.25) is 0 Å². The lowest BCUT2D eigenvalue weighted by Gasteiger charge is -2.12. The molecule has 18 heavy (non-hydrogen) atoms. The van der Waals surface area contributed by atoms with E-state index in [4.69, 9.17) is 16.9 Å². The summed E-state index contributed by atoms with van der Waals surface area (Å²) in [5.41, 5.74) is 4.31. The van der Waals surface area contributed by atoms with Gasteiger partial charge in [-0.05, 0) is 43.2 Å². The molecule has 0 unspecified atom stereocenters. The van der Waals surface area contributed by atoms with Gasteiger partial charge in [-0.1, -0.05) is 29.8 Å². The van der Waals surface area contributed by atoms with Gasteiger partial charge in [0.05, 0.1) is 22.0 Å². The van der Waals surface area contributed by atoms with E-state index < -0.39 is 0 Å². The van der Waals surface area contributed by atoms with Crippen LogP contribution in [-0.2, 0) is 0 Å². The molecule has 2 aromatic rings. The van der Waals surface area contributed by atoms with Crippen molar-refractivity contribution in [2.24, 2.45) is 0 Å². The molecule has 0 aliphatic rings. The average Bonchev–Trinajstić information content (AvgIpc) is 2.35. The van der Waals surface area contributed by atoms with E-state index in [1.165, 1.54) is 0 Å². The highest BCUT2D eigenvalue weighted by atomic mass is 35.5. The number of hydrogen-bond acceptors (Lipinski definition) is 2. The minimum atomic E-state index is 0.609. The summed E-state index contributed by atoms with van der Waals surface area (Å²) in [4.78, 5) is 0. The highest BCUT2D eigenvalue weighted by molar-refractivity contribution is 6.34. The van der Waals surface area contributed by atoms with Gasteiger partial charge in [0, 0.05) is 0 Å². The normalized spacial score (nSPS) is 9.89. The number of nitriles is 1. The first-order valence-electron chi connectivity index (χ1n) is 5.64. The predicted octanol–water partition coefficient (Wildman–Crippen LogP) is 4.57. The topological polar surface area (TPSA) is 35.8 Å². The van der Waals surface area contributed by atoms with Crippen LogP contribution < -0.4 is 5.32 Å². The van der Waals surface area contributed by atoms with E-state index in [2.05, 4.69) is 11.4 Å². The molecule has 0 heterocycles. The molecule has 0 amide bonds. The maximum atomic E-state index is 9.09. The first kappa shape index (κ1) is 12.5. The molecule has 2 rings (SSSR count). The molecule has 0 saturated carbocycles. The number of rotatable bonds is 2. The number of nitrogens with one attached hydrogen (secondary N) is 1. The first-order chi connectivity index (χ1) is 8.61. The van der Waals surface area contributed by atoms with Gasteiger partial charge in [0.25, 0.3) is 0 Å². The van der Waals surface area contributed by atoms with Gasteiger partial charge in [-0.15, -0.1) is 0 Å². The Morgan fingerprint density at radius 2 is 1.89 bits per heavy atom. The smallest absolute Gasteiger partial charge is 0.101 e. The Bertz CT molecular complexity index is 627. The number of anilines is 2. The van der Waals surface area contributed by atoms with Gasteiger partial charge in [-0.25, -0.2) is 0 Å². The third-order valence-electron chi connectivity index (χ3n) is 2.76. The number of hydrogen-bond donors (Lipinski definition) is 1. The fraction of sp³-hybridized carbons (Fsp3) is 0.133. The standard InChI is InChI=1S/C15H13ClN2/c1-10-6-7-12(9-17)14(8-10)18-13-5-3-4-11(2)15(13)16/h3-8,18H,1-2H3. The van der Waals surface area contributed by atoms with Crippen molar-refractivity contribution in [3.63, 3.8) is 0 Å². The summed E-state index contributed by atoms with van der Waals surface area (Å²) in [6.45, 7) is 3.94. The SMILES string of the molecule is Cc1ccc(C#N)c(Nc2cccc(C)c2Cl)c1. The Labute approximate surface area is 112 Å². The van der Waals surface area contributed by atoms with Crippen LogP contribution in [0, 0.1) is 25.2 Å². The van der Waals surface area contributed by atoms with Gasteiger partial charge in [0.2, 0.25) is 0 Å². The van der Waals surface area contributed by atoms with Crippen molar-refractivity contribution in [2.45, 2.75) is 13.8 Å². The fourth-order valence-electron chi connectivity index (χ4n) is 1.75. The number of halogens is 1. The molecule has 0 spiro atoms. The second-order valence-electron chi connectivity index (χ2n) is 4.22. The Morgan fingerprint density at radius 3 is 2.61 bits per heavy atom. The lowest BCUT2D eigenvalue weighted by atomic mass is 10.1. The molecule has 2 aromatic carbocycles. The minimum absolute atomic E-state index is 0.609. The molecule has 90 valence electrons. The highest BCUT2D eigenvalue weighted by Crippen LogP contribution is 2.29. The van der Waals surface area contributed by atoms with Crippen molar-refractivity contribution >= 4 is 23.0 Å². The van der Waals surface area contributed by atoms with Crippen molar-refractivity contribution in [2.75, 3.05) is 5.32 Å². The molecule has 1 N–H and O–H groups in total. The summed E-state index contributed by atoms with van der Waals surface area (Å²) < 4.78 is 0. The molecule has 0 saturated heterocycles. The van der Waals surface area contributed by atoms with Crippen LogP contribution in [0.3, 0.4) is 0 Å². The summed E-state index contributed by atoms with van der Waals surface area (Å²) in [5.74, 6) is 0. The van der Waals surface area contributed by atoms with Crippen LogP contribution >= 0.6 is 11.6 Å². The maximum absolute atomic E-state index is 9.09. The van der Waals surface area contributed by atoms with Crippen LogP contribution in [0.15, 0.2) is 36.4 Å². The van der Waals surface area contributed by atoms with Crippen LogP contribution in [0.4, 0.5) is 11.4 Å². The van der Waals surface area contributed by atoms with E-state index in [-0.39, 0.29) is 0 Å². The predicted molar refractivity (Wildman–Crippen MR) is 75.4 cm³/mol. The van der Waals surface area contributed by atoms with E-state index in [0.717, 1.165) is 22.5 Å². The van der Waals surface area contributed by atoms with E-state index in [1.54, 1.807) is 6.07 Å². The summed E-state index contributed by atoms with van der Waals surface area (Å²) in [5, 5.41) is 13.0. The molecule has 0 atom stereocenters. The van der Waals surface area contributed by atoms with Gasteiger partial charge >= 0.3 is 0 Å². The van der Waals surface area contributed by atoms with E-state index in [0.29, 0.717) is 10.6 Å². The van der Waals surface area contributed by atoms with Crippen molar-refractivity contribution in [1.29, 1.82) is 5.26 Å². The summed E-state index contributed by atoms with van der Waals surface area (Å²) in [7, 11) is 0. The summed E-state index contributed by atoms with van der Waals surface area (Å²) in [6, 6.07) is 13.6. The minimum Gasteiger partial charge on any atom is -0.353 e. The van der Waals surface area contributed by atoms with Crippen LogP contribution in [-0.4, -0.2) is 0 Å². The van der Waals surface area contributed by atoms with Crippen molar-refractivity contribution in [3.8, 4) is 6.07 Å². The van der Waals surface area contributed by atoms with Crippen molar-refractivity contribution < 1.29 is 0 Å². The largest absolute Gasteiger partial charge is 0.353 e. The first-order valence-corrected chi connectivity index (χ1v) is 6.02. The van der Waals surface area contributed by atoms with Crippen molar-refractivity contribution in [1.82, 2.24) is 0 Å². The zero-order valence-corrected chi connectivity index (χ0v) is 11.0. The van der Waals surface area contributed by atoms with E-state index in [9.17, 15) is 0 Å². The van der Waals surface area contributed by atoms with E-state index in [1.807, 2.05) is 44.2 Å². The molecule has 0 bridgehead atoms. The number of nitrogens with zero attached hydrogens (tertiary/aromatic N) is 1. The Balaban J connectivity index is 2.43. The second-order valence-corrected chi connectivity index (χ2v) is 4.60. The van der Waals surface area contributed by atoms with Crippen LogP contribution in [0.5, 0.6) is 0 Å². The molecule has 0 aliphatic carbocycles. The molecular formula is C15H13ClN2. The number of aryl methyl sites for hydroxylation is 2. The van der Waals surface area contributed by atoms with E-state index >= 15 is 0 Å². The molecule has 0 radical (unpaired) electrons. The maximum Gasteiger partial charge on any atom is 0.101 e. The van der Waals surface area contributed by atoms with Gasteiger partial charge < -0.3 is 5.32 Å². The zero-order valence-electron chi connectivity index (χ0n) is 10.3. The molecule has 3 heteroatoms. The third kappa shape index (κ3) is 2.47. The van der Waals surface area contributed by atoms with Gasteiger partial charge in [0.1, 0.15) is 6.07 Å². The van der Waals surface area contributed by atoms with Gasteiger partial charge in [0.15, 0.2) is 0 Å². The Hall–Kier alpha value is -1.98. The molecule has 0 aromatic heterocycles. The zero-order chi connectivity index (χ0) is 13.1. The molecule has 2 nitrogen and oxygen atoms in total. The average molecular weight is 257 g/mol. The summed E-state index contributed by atoms with van der Waals surface area (Å²) >= 11 is 6.23. The van der Waals surface area contributed by atoms with Crippen LogP contribution in [0.1, 0.15) is 16.7 Å². The molecule has 0 aliphatic heterocycles. The Kier molecular flexibility index (Phi) is 3.55. The quantitative estimate of drug-likeness (QED) is 0.854. The number of benzene rings is 2. The fourth-order valence-corrected chi connectivity index (χ4v) is 1.92. The van der Waals surface area contributed by atoms with Crippen LogP contribution in [0.25, 0.3) is 0 Å². The molecule has 0 fully saturated rings. The van der Waals surface area contributed by atoms with Gasteiger partial charge in [-0.2, -0.15) is 5.26 Å². The third-order valence-corrected chi connectivity index (χ3v) is 3.26. The highest BCUT2D eigenvalue weighted by Gasteiger charge is 2.06. The molecular weight excluding hydrogens is 244 g/mol. The Morgan fingerprint density at radius 1 is 1.11 bits per heavy atom. The second kappa shape index (κ2) is 5.12.